The second-order valence-electron chi connectivity index (χ2n) is 9.80. The van der Waals surface area contributed by atoms with E-state index in [2.05, 4.69) is 9.64 Å². The van der Waals surface area contributed by atoms with E-state index < -0.39 is 6.36 Å². The van der Waals surface area contributed by atoms with Crippen LogP contribution in [0.5, 0.6) is 11.5 Å². The van der Waals surface area contributed by atoms with E-state index in [1.165, 1.54) is 6.07 Å². The standard InChI is InChI=1S/C31H34F3NO3/c1-37-27-16-14-23(15-17-27)21-25-18-20-35(22-26-11-5-7-13-29(26)38-31(32,33)34)19-8-2-3-9-24-10-4-6-12-28(24)30(25)36/h4-7,10-17,25H,2-3,8-9,18-22H2,1H3. The van der Waals surface area contributed by atoms with Gasteiger partial charge in [-0.05, 0) is 74.5 Å². The number of hydrogen-bond donors (Lipinski definition) is 0. The summed E-state index contributed by atoms with van der Waals surface area (Å²) in [5, 5.41) is 0. The number of nitrogens with zero attached hydrogens (tertiary/aromatic N) is 1. The first-order valence-electron chi connectivity index (χ1n) is 13.1. The van der Waals surface area contributed by atoms with Gasteiger partial charge in [0.25, 0.3) is 0 Å². The molecule has 0 saturated heterocycles. The maximum absolute atomic E-state index is 13.9. The maximum atomic E-state index is 13.9. The minimum Gasteiger partial charge on any atom is -0.497 e. The van der Waals surface area contributed by atoms with E-state index in [1.54, 1.807) is 25.3 Å². The predicted octanol–water partition coefficient (Wildman–Crippen LogP) is 7.25. The molecule has 0 bridgehead atoms. The van der Waals surface area contributed by atoms with Crippen molar-refractivity contribution in [2.75, 3.05) is 20.2 Å². The number of para-hydroxylation sites is 1. The van der Waals surface area contributed by atoms with Crippen molar-refractivity contribution in [2.24, 2.45) is 5.92 Å². The number of carbonyl (C=O) groups excluding carboxylic acids is 1. The van der Waals surface area contributed by atoms with Gasteiger partial charge in [-0.3, -0.25) is 9.69 Å². The van der Waals surface area contributed by atoms with Crippen LogP contribution in [0.2, 0.25) is 0 Å². The third-order valence-corrected chi connectivity index (χ3v) is 7.10. The Kier molecular flexibility index (Phi) is 9.45. The molecule has 4 rings (SSSR count). The quantitative estimate of drug-likeness (QED) is 0.340. The van der Waals surface area contributed by atoms with Gasteiger partial charge in [0.15, 0.2) is 5.78 Å². The fourth-order valence-electron chi connectivity index (χ4n) is 5.11. The highest BCUT2D eigenvalue weighted by Crippen LogP contribution is 2.29. The molecular weight excluding hydrogens is 491 g/mol. The molecule has 202 valence electrons. The zero-order chi connectivity index (χ0) is 27.0. The summed E-state index contributed by atoms with van der Waals surface area (Å²) in [5.74, 6) is 0.451. The number of carbonyl (C=O) groups is 1. The molecule has 4 nitrogen and oxygen atoms in total. The van der Waals surface area contributed by atoms with Gasteiger partial charge in [0.05, 0.1) is 7.11 Å². The summed E-state index contributed by atoms with van der Waals surface area (Å²) < 4.78 is 48.5. The fraction of sp³-hybridized carbons (Fsp3) is 0.387. The zero-order valence-electron chi connectivity index (χ0n) is 21.7. The second kappa shape index (κ2) is 13.0. The SMILES string of the molecule is COc1ccc(CC2CCN(Cc3ccccc3OC(F)(F)F)CCCCCc3ccccc3C2=O)cc1. The van der Waals surface area contributed by atoms with Crippen LogP contribution in [0.15, 0.2) is 72.8 Å². The van der Waals surface area contributed by atoms with E-state index in [1.807, 2.05) is 48.5 Å². The van der Waals surface area contributed by atoms with Gasteiger partial charge in [-0.15, -0.1) is 13.2 Å². The molecule has 0 spiro atoms. The lowest BCUT2D eigenvalue weighted by Gasteiger charge is -2.27. The molecule has 1 unspecified atom stereocenters. The number of aryl methyl sites for hydroxylation is 1. The molecule has 1 atom stereocenters. The molecular formula is C31H34F3NO3. The Labute approximate surface area is 222 Å². The number of benzene rings is 3. The van der Waals surface area contributed by atoms with E-state index in [9.17, 15) is 18.0 Å². The highest BCUT2D eigenvalue weighted by Gasteiger charge is 2.32. The van der Waals surface area contributed by atoms with Crippen LogP contribution < -0.4 is 9.47 Å². The number of hydrogen-bond acceptors (Lipinski definition) is 4. The lowest BCUT2D eigenvalue weighted by Crippen LogP contribution is -2.30. The minimum atomic E-state index is -4.75. The smallest absolute Gasteiger partial charge is 0.497 e. The van der Waals surface area contributed by atoms with Crippen molar-refractivity contribution in [1.82, 2.24) is 4.90 Å². The van der Waals surface area contributed by atoms with Crippen LogP contribution in [-0.2, 0) is 19.4 Å². The number of methoxy groups -OCH3 is 1. The molecule has 0 aliphatic carbocycles. The number of ether oxygens (including phenoxy) is 2. The summed E-state index contributed by atoms with van der Waals surface area (Å²) in [5.41, 5.74) is 3.40. The molecule has 1 aliphatic heterocycles. The van der Waals surface area contributed by atoms with Crippen molar-refractivity contribution >= 4 is 5.78 Å². The third kappa shape index (κ3) is 7.84. The molecule has 0 fully saturated rings. The van der Waals surface area contributed by atoms with E-state index in [0.717, 1.165) is 54.7 Å². The molecule has 0 amide bonds. The Morgan fingerprint density at radius 2 is 1.63 bits per heavy atom. The van der Waals surface area contributed by atoms with Gasteiger partial charge in [-0.25, -0.2) is 0 Å². The number of alkyl halides is 3. The molecule has 1 heterocycles. The molecule has 38 heavy (non-hydrogen) atoms. The molecule has 3 aromatic rings. The number of Topliss-reactive ketones (excluding diaryl/α,β-unsaturated/α-hetero) is 1. The van der Waals surface area contributed by atoms with Gasteiger partial charge in [0.2, 0.25) is 0 Å². The fourth-order valence-corrected chi connectivity index (χ4v) is 5.11. The molecule has 1 aliphatic rings. The maximum Gasteiger partial charge on any atom is 0.573 e. The highest BCUT2D eigenvalue weighted by atomic mass is 19.4. The van der Waals surface area contributed by atoms with Gasteiger partial charge in [-0.2, -0.15) is 0 Å². The van der Waals surface area contributed by atoms with Crippen LogP contribution in [0.1, 0.15) is 52.7 Å². The number of halogens is 3. The van der Waals surface area contributed by atoms with Crippen molar-refractivity contribution in [1.29, 1.82) is 0 Å². The summed E-state index contributed by atoms with van der Waals surface area (Å²) in [6.45, 7) is 1.66. The Morgan fingerprint density at radius 3 is 2.39 bits per heavy atom. The predicted molar refractivity (Wildman–Crippen MR) is 142 cm³/mol. The van der Waals surface area contributed by atoms with E-state index in [4.69, 9.17) is 4.74 Å². The van der Waals surface area contributed by atoms with Gasteiger partial charge >= 0.3 is 6.36 Å². The average molecular weight is 526 g/mol. The summed E-state index contributed by atoms with van der Waals surface area (Å²) in [7, 11) is 1.62. The lowest BCUT2D eigenvalue weighted by atomic mass is 9.85. The van der Waals surface area contributed by atoms with E-state index >= 15 is 0 Å². The zero-order valence-corrected chi connectivity index (χ0v) is 21.7. The first-order chi connectivity index (χ1) is 18.3. The van der Waals surface area contributed by atoms with Crippen LogP contribution >= 0.6 is 0 Å². The summed E-state index contributed by atoms with van der Waals surface area (Å²) in [4.78, 5) is 16.0. The van der Waals surface area contributed by atoms with E-state index in [0.29, 0.717) is 31.5 Å². The Morgan fingerprint density at radius 1 is 0.895 bits per heavy atom. The van der Waals surface area contributed by atoms with Crippen molar-refractivity contribution in [3.8, 4) is 11.5 Å². The minimum absolute atomic E-state index is 0.123. The third-order valence-electron chi connectivity index (χ3n) is 7.10. The van der Waals surface area contributed by atoms with Crippen molar-refractivity contribution < 1.29 is 27.4 Å². The van der Waals surface area contributed by atoms with Crippen molar-refractivity contribution in [3.05, 3.63) is 95.1 Å². The monoisotopic (exact) mass is 525 g/mol. The Balaban J connectivity index is 1.58. The summed E-state index contributed by atoms with van der Waals surface area (Å²) in [6.07, 6.45) is 0.131. The van der Waals surface area contributed by atoms with Crippen molar-refractivity contribution in [3.63, 3.8) is 0 Å². The largest absolute Gasteiger partial charge is 0.573 e. The molecule has 3 aromatic carbocycles. The number of rotatable bonds is 6. The van der Waals surface area contributed by atoms with Gasteiger partial charge in [-0.1, -0.05) is 61.0 Å². The summed E-state index contributed by atoms with van der Waals surface area (Å²) >= 11 is 0. The number of fused-ring (bicyclic) bond motifs is 1. The van der Waals surface area contributed by atoms with E-state index in [-0.39, 0.29) is 17.5 Å². The van der Waals surface area contributed by atoms with Gasteiger partial charge in [0.1, 0.15) is 11.5 Å². The lowest BCUT2D eigenvalue weighted by molar-refractivity contribution is -0.275. The number of ketones is 1. The second-order valence-corrected chi connectivity index (χ2v) is 9.80. The average Bonchev–Trinajstić information content (AvgIpc) is 2.90. The molecule has 0 N–H and O–H groups in total. The van der Waals surface area contributed by atoms with Gasteiger partial charge < -0.3 is 9.47 Å². The van der Waals surface area contributed by atoms with Crippen LogP contribution in [0.4, 0.5) is 13.2 Å². The van der Waals surface area contributed by atoms with Crippen LogP contribution in [0.25, 0.3) is 0 Å². The van der Waals surface area contributed by atoms with Crippen LogP contribution in [0, 0.1) is 5.92 Å². The normalized spacial score (nSPS) is 17.7. The summed E-state index contributed by atoms with van der Waals surface area (Å²) in [6, 6.07) is 21.9. The molecule has 0 saturated carbocycles. The first kappa shape index (κ1) is 27.7. The van der Waals surface area contributed by atoms with Crippen LogP contribution in [0.3, 0.4) is 0 Å². The van der Waals surface area contributed by atoms with Crippen molar-refractivity contribution in [2.45, 2.75) is 51.4 Å². The Bertz CT molecular complexity index is 1190. The topological polar surface area (TPSA) is 38.8 Å². The molecule has 0 aromatic heterocycles. The van der Waals surface area contributed by atoms with Crippen LogP contribution in [-0.4, -0.2) is 37.2 Å². The van der Waals surface area contributed by atoms with Gasteiger partial charge in [0, 0.05) is 23.6 Å². The molecule has 7 heteroatoms. The highest BCUT2D eigenvalue weighted by molar-refractivity contribution is 5.99. The Hall–Kier alpha value is -3.32. The first-order valence-corrected chi connectivity index (χ1v) is 13.1. The molecule has 0 radical (unpaired) electrons.